The number of fused-ring (bicyclic) bond motifs is 1. The number of phenolic OH excluding ortho intramolecular Hbond substituents is 1. The summed E-state index contributed by atoms with van der Waals surface area (Å²) in [5.41, 5.74) is 0.165. The third-order valence-electron chi connectivity index (χ3n) is 1.81. The lowest BCUT2D eigenvalue weighted by atomic mass is 10.1. The van der Waals surface area contributed by atoms with Gasteiger partial charge in [0.1, 0.15) is 5.75 Å². The number of hydrogen-bond donors (Lipinski definition) is 2. The number of aromatic hydroxyl groups is 1. The van der Waals surface area contributed by atoms with Crippen LogP contribution in [0.5, 0.6) is 5.75 Å². The monoisotopic (exact) mass is 194 g/mol. The van der Waals surface area contributed by atoms with Crippen molar-refractivity contribution in [3.05, 3.63) is 29.1 Å². The van der Waals surface area contributed by atoms with E-state index in [4.69, 9.17) is 5.11 Å². The zero-order valence-electron chi connectivity index (χ0n) is 6.52. The third-order valence-corrected chi connectivity index (χ3v) is 2.76. The molecule has 0 atom stereocenters. The molecule has 66 valence electrons. The van der Waals surface area contributed by atoms with E-state index in [0.29, 0.717) is 5.39 Å². The average Bonchev–Trinajstić information content (AvgIpc) is 2.49. The number of hydrogen-bond acceptors (Lipinski definition) is 3. The predicted octanol–water partition coefficient (Wildman–Crippen LogP) is 2.31. The topological polar surface area (TPSA) is 57.5 Å². The van der Waals surface area contributed by atoms with E-state index < -0.39 is 5.97 Å². The average molecular weight is 194 g/mol. The number of aromatic carboxylic acids is 1. The van der Waals surface area contributed by atoms with Gasteiger partial charge in [-0.15, -0.1) is 11.3 Å². The van der Waals surface area contributed by atoms with E-state index in [0.717, 1.165) is 4.70 Å². The van der Waals surface area contributed by atoms with Crippen LogP contribution in [0.1, 0.15) is 10.4 Å². The van der Waals surface area contributed by atoms with Crippen molar-refractivity contribution in [2.75, 3.05) is 0 Å². The van der Waals surface area contributed by atoms with E-state index in [9.17, 15) is 9.90 Å². The second kappa shape index (κ2) is 2.74. The van der Waals surface area contributed by atoms with Crippen LogP contribution >= 0.6 is 11.3 Å². The molecule has 0 fully saturated rings. The van der Waals surface area contributed by atoms with Crippen LogP contribution in [0, 0.1) is 0 Å². The summed E-state index contributed by atoms with van der Waals surface area (Å²) in [4.78, 5) is 10.7. The number of phenols is 1. The Morgan fingerprint density at radius 3 is 2.85 bits per heavy atom. The fourth-order valence-electron chi connectivity index (χ4n) is 1.23. The van der Waals surface area contributed by atoms with Crippen molar-refractivity contribution in [1.29, 1.82) is 0 Å². The first-order valence-electron chi connectivity index (χ1n) is 3.62. The molecule has 0 aliphatic rings. The Labute approximate surface area is 77.9 Å². The summed E-state index contributed by atoms with van der Waals surface area (Å²) in [6.45, 7) is 0. The van der Waals surface area contributed by atoms with Gasteiger partial charge in [-0.3, -0.25) is 0 Å². The largest absolute Gasteiger partial charge is 0.507 e. The van der Waals surface area contributed by atoms with Gasteiger partial charge in [-0.05, 0) is 12.1 Å². The molecule has 0 aliphatic carbocycles. The molecular formula is C9H6O3S. The lowest BCUT2D eigenvalue weighted by Crippen LogP contribution is -1.93. The molecule has 0 saturated carbocycles. The molecule has 1 heterocycles. The van der Waals surface area contributed by atoms with Crippen LogP contribution in [-0.2, 0) is 0 Å². The van der Waals surface area contributed by atoms with Crippen molar-refractivity contribution >= 4 is 27.4 Å². The number of benzene rings is 1. The van der Waals surface area contributed by atoms with Crippen LogP contribution in [0.2, 0.25) is 0 Å². The van der Waals surface area contributed by atoms with Gasteiger partial charge in [0.15, 0.2) is 0 Å². The Kier molecular flexibility index (Phi) is 1.70. The molecule has 1 aromatic carbocycles. The highest BCUT2D eigenvalue weighted by atomic mass is 32.1. The summed E-state index contributed by atoms with van der Waals surface area (Å²) in [5.74, 6) is -0.982. The second-order valence-electron chi connectivity index (χ2n) is 2.60. The Morgan fingerprint density at radius 1 is 1.38 bits per heavy atom. The fourth-order valence-corrected chi connectivity index (χ4v) is 2.18. The van der Waals surface area contributed by atoms with Crippen molar-refractivity contribution < 1.29 is 15.0 Å². The third kappa shape index (κ3) is 1.15. The van der Waals surface area contributed by atoms with Gasteiger partial charge in [-0.2, -0.15) is 0 Å². The SMILES string of the molecule is O=C(O)c1csc2cccc(O)c12. The minimum absolute atomic E-state index is 0.0242. The summed E-state index contributed by atoms with van der Waals surface area (Å²) in [6, 6.07) is 4.97. The van der Waals surface area contributed by atoms with Crippen molar-refractivity contribution in [2.45, 2.75) is 0 Å². The lowest BCUT2D eigenvalue weighted by molar-refractivity contribution is 0.0699. The molecule has 0 saturated heterocycles. The van der Waals surface area contributed by atoms with Crippen molar-refractivity contribution in [3.63, 3.8) is 0 Å². The number of carbonyl (C=O) groups is 1. The molecule has 1 aromatic heterocycles. The highest BCUT2D eigenvalue weighted by Crippen LogP contribution is 2.32. The fraction of sp³-hybridized carbons (Fsp3) is 0. The summed E-state index contributed by atoms with van der Waals surface area (Å²) >= 11 is 1.32. The Morgan fingerprint density at radius 2 is 2.15 bits per heavy atom. The van der Waals surface area contributed by atoms with Crippen molar-refractivity contribution in [3.8, 4) is 5.75 Å². The molecule has 4 heteroatoms. The lowest BCUT2D eigenvalue weighted by Gasteiger charge is -1.95. The molecule has 13 heavy (non-hydrogen) atoms. The molecule has 2 aromatic rings. The first-order chi connectivity index (χ1) is 6.20. The molecule has 0 aliphatic heterocycles. The van der Waals surface area contributed by atoms with Crippen LogP contribution in [0.15, 0.2) is 23.6 Å². The van der Waals surface area contributed by atoms with E-state index in [1.165, 1.54) is 22.8 Å². The normalized spacial score (nSPS) is 10.5. The summed E-state index contributed by atoms with van der Waals surface area (Å²) < 4.78 is 0.789. The Balaban J connectivity index is 2.86. The van der Waals surface area contributed by atoms with Crippen molar-refractivity contribution in [1.82, 2.24) is 0 Å². The molecule has 0 bridgehead atoms. The van der Waals surface area contributed by atoms with Gasteiger partial charge < -0.3 is 10.2 Å². The number of rotatable bonds is 1. The second-order valence-corrected chi connectivity index (χ2v) is 3.52. The van der Waals surface area contributed by atoms with Crippen LogP contribution in [0.4, 0.5) is 0 Å². The number of carboxylic acids is 1. The number of thiophene rings is 1. The van der Waals surface area contributed by atoms with Gasteiger partial charge in [0.05, 0.1) is 5.56 Å². The first kappa shape index (κ1) is 8.07. The predicted molar refractivity (Wildman–Crippen MR) is 50.4 cm³/mol. The summed E-state index contributed by atoms with van der Waals surface area (Å²) in [6.07, 6.45) is 0. The van der Waals surface area contributed by atoms with E-state index in [-0.39, 0.29) is 11.3 Å². The Bertz CT molecular complexity index is 473. The summed E-state index contributed by atoms with van der Waals surface area (Å²) in [7, 11) is 0. The van der Waals surface area contributed by atoms with Crippen LogP contribution in [-0.4, -0.2) is 16.2 Å². The molecule has 2 N–H and O–H groups in total. The van der Waals surface area contributed by atoms with E-state index in [1.807, 2.05) is 0 Å². The first-order valence-corrected chi connectivity index (χ1v) is 4.50. The maximum absolute atomic E-state index is 10.7. The van der Waals surface area contributed by atoms with Gasteiger partial charge in [0, 0.05) is 15.5 Å². The molecule has 0 unspecified atom stereocenters. The van der Waals surface area contributed by atoms with Gasteiger partial charge in [-0.1, -0.05) is 6.07 Å². The summed E-state index contributed by atoms with van der Waals surface area (Å²) in [5, 5.41) is 20.2. The molecule has 2 rings (SSSR count). The zero-order valence-corrected chi connectivity index (χ0v) is 7.34. The van der Waals surface area contributed by atoms with E-state index >= 15 is 0 Å². The van der Waals surface area contributed by atoms with E-state index in [1.54, 1.807) is 12.1 Å². The maximum atomic E-state index is 10.7. The van der Waals surface area contributed by atoms with Crippen molar-refractivity contribution in [2.24, 2.45) is 0 Å². The highest BCUT2D eigenvalue weighted by molar-refractivity contribution is 7.17. The Hall–Kier alpha value is -1.55. The minimum atomic E-state index is -1.01. The molecule has 0 spiro atoms. The van der Waals surface area contributed by atoms with Gasteiger partial charge in [0.2, 0.25) is 0 Å². The maximum Gasteiger partial charge on any atom is 0.337 e. The smallest absolute Gasteiger partial charge is 0.337 e. The molecule has 0 radical (unpaired) electrons. The number of carboxylic acid groups (broad SMARTS) is 1. The molecule has 0 amide bonds. The quantitative estimate of drug-likeness (QED) is 0.732. The van der Waals surface area contributed by atoms with Gasteiger partial charge in [-0.25, -0.2) is 4.79 Å². The molecule has 3 nitrogen and oxygen atoms in total. The van der Waals surface area contributed by atoms with Gasteiger partial charge >= 0.3 is 5.97 Å². The van der Waals surface area contributed by atoms with Crippen LogP contribution in [0.25, 0.3) is 10.1 Å². The van der Waals surface area contributed by atoms with Crippen LogP contribution < -0.4 is 0 Å². The molecular weight excluding hydrogens is 188 g/mol. The van der Waals surface area contributed by atoms with Crippen LogP contribution in [0.3, 0.4) is 0 Å². The highest BCUT2D eigenvalue weighted by Gasteiger charge is 2.13. The van der Waals surface area contributed by atoms with E-state index in [2.05, 4.69) is 0 Å². The standard InChI is InChI=1S/C9H6O3S/c10-6-2-1-3-7-8(6)5(4-13-7)9(11)12/h1-4,10H,(H,11,12). The minimum Gasteiger partial charge on any atom is -0.507 e. The van der Waals surface area contributed by atoms with Gasteiger partial charge in [0.25, 0.3) is 0 Å². The zero-order chi connectivity index (χ0) is 9.42.